The van der Waals surface area contributed by atoms with Gasteiger partial charge in [-0.3, -0.25) is 0 Å². The average Bonchev–Trinajstić information content (AvgIpc) is 2.97. The smallest absolute Gasteiger partial charge is 0.339 e. The number of ether oxygens (including phenoxy) is 2. The van der Waals surface area contributed by atoms with Crippen molar-refractivity contribution < 1.29 is 29.3 Å². The van der Waals surface area contributed by atoms with Crippen LogP contribution in [0.15, 0.2) is 48.5 Å². The minimum absolute atomic E-state index is 0.137. The Kier molecular flexibility index (Phi) is 12.2. The predicted molar refractivity (Wildman–Crippen MR) is 213 cm³/mol. The van der Waals surface area contributed by atoms with E-state index >= 15 is 0 Å². The highest BCUT2D eigenvalue weighted by Crippen LogP contribution is 2.42. The molecule has 3 aromatic rings. The topological polar surface area (TPSA) is 93.1 Å². The van der Waals surface area contributed by atoms with Crippen LogP contribution in [0.25, 0.3) is 0 Å². The molecule has 0 saturated carbocycles. The number of carbonyl (C=O) groups is 2. The van der Waals surface area contributed by atoms with Crippen LogP contribution in [0, 0.1) is 10.8 Å². The van der Waals surface area contributed by atoms with E-state index in [1.807, 2.05) is 27.7 Å². The summed E-state index contributed by atoms with van der Waals surface area (Å²) in [5.41, 5.74) is 4.19. The summed E-state index contributed by atoms with van der Waals surface area (Å²) in [5.74, 6) is -0.483. The fourth-order valence-corrected chi connectivity index (χ4v) is 6.60. The van der Waals surface area contributed by atoms with Gasteiger partial charge in [0.2, 0.25) is 0 Å². The SMILES string of the molecule is CC(C)(COC(=O)c1ccccc1C(=O)OCC(C)(C)Cc1cc(C(C)(C)C)c(O)c(C(C)(C)C)c1)Cc1cc(C(C)(C)C)c(O)c(C(C)(C)C)c1. The predicted octanol–water partition coefficient (Wildman–Crippen LogP) is 11.1. The zero-order valence-corrected chi connectivity index (χ0v) is 35.0. The summed E-state index contributed by atoms with van der Waals surface area (Å²) < 4.78 is 11.7. The number of rotatable bonds is 10. The molecule has 6 nitrogen and oxygen atoms in total. The number of aromatic hydroxyl groups is 2. The standard InChI is InChI=1S/C46H66O6/c1-41(2,3)33-21-29(22-34(37(33)47)42(4,5)6)25-45(13,14)27-51-39(49)31-19-17-18-20-32(31)40(50)52-28-46(15,16)26-30-23-35(43(7,8)9)38(48)36(24-30)44(10,11)12/h17-24,47-48H,25-28H2,1-16H3. The van der Waals surface area contributed by atoms with Gasteiger partial charge in [0.15, 0.2) is 0 Å². The third-order valence-electron chi connectivity index (χ3n) is 9.49. The van der Waals surface area contributed by atoms with Crippen LogP contribution in [0.1, 0.15) is 165 Å². The van der Waals surface area contributed by atoms with Crippen molar-refractivity contribution in [3.05, 3.63) is 93.0 Å². The quantitative estimate of drug-likeness (QED) is 0.203. The maximum atomic E-state index is 13.5. The fourth-order valence-electron chi connectivity index (χ4n) is 6.60. The van der Waals surface area contributed by atoms with Crippen molar-refractivity contribution in [1.29, 1.82) is 0 Å². The first-order valence-corrected chi connectivity index (χ1v) is 18.6. The molecule has 0 unspecified atom stereocenters. The highest BCUT2D eigenvalue weighted by molar-refractivity contribution is 6.03. The fraction of sp³-hybridized carbons (Fsp3) is 0.565. The molecule has 52 heavy (non-hydrogen) atoms. The van der Waals surface area contributed by atoms with E-state index in [2.05, 4.69) is 107 Å². The van der Waals surface area contributed by atoms with E-state index in [9.17, 15) is 19.8 Å². The van der Waals surface area contributed by atoms with Crippen LogP contribution in [0.5, 0.6) is 11.5 Å². The van der Waals surface area contributed by atoms with Gasteiger partial charge in [0.1, 0.15) is 11.5 Å². The van der Waals surface area contributed by atoms with Gasteiger partial charge < -0.3 is 19.7 Å². The van der Waals surface area contributed by atoms with Crippen molar-refractivity contribution in [3.63, 3.8) is 0 Å². The average molecular weight is 715 g/mol. The summed E-state index contributed by atoms with van der Waals surface area (Å²) in [6.45, 7) is 33.6. The number of phenolic OH excluding ortho intramolecular Hbond substituents is 2. The van der Waals surface area contributed by atoms with Crippen molar-refractivity contribution >= 4 is 11.9 Å². The molecule has 0 bridgehead atoms. The van der Waals surface area contributed by atoms with E-state index in [-0.39, 0.29) is 46.0 Å². The zero-order valence-electron chi connectivity index (χ0n) is 35.0. The van der Waals surface area contributed by atoms with E-state index in [4.69, 9.17) is 9.47 Å². The van der Waals surface area contributed by atoms with Crippen molar-refractivity contribution in [2.24, 2.45) is 10.8 Å². The lowest BCUT2D eigenvalue weighted by atomic mass is 9.76. The Bertz CT molecular complexity index is 1560. The zero-order chi connectivity index (χ0) is 39.8. The molecule has 0 radical (unpaired) electrons. The lowest BCUT2D eigenvalue weighted by molar-refractivity contribution is 0.0297. The molecule has 0 atom stereocenters. The van der Waals surface area contributed by atoms with Crippen LogP contribution >= 0.6 is 0 Å². The number of hydrogen-bond acceptors (Lipinski definition) is 6. The Balaban J connectivity index is 1.76. The van der Waals surface area contributed by atoms with Crippen molar-refractivity contribution in [2.75, 3.05) is 13.2 Å². The Morgan fingerprint density at radius 3 is 0.962 bits per heavy atom. The van der Waals surface area contributed by atoms with Gasteiger partial charge >= 0.3 is 11.9 Å². The highest BCUT2D eigenvalue weighted by atomic mass is 16.5. The van der Waals surface area contributed by atoms with Crippen LogP contribution in [0.3, 0.4) is 0 Å². The molecule has 0 fully saturated rings. The number of benzene rings is 3. The van der Waals surface area contributed by atoms with Crippen molar-refractivity contribution in [2.45, 2.75) is 145 Å². The molecule has 0 saturated heterocycles. The summed E-state index contributed by atoms with van der Waals surface area (Å²) in [6.07, 6.45) is 1.25. The molecule has 6 heteroatoms. The maximum Gasteiger partial charge on any atom is 0.339 e. The molecule has 3 aromatic carbocycles. The molecule has 0 amide bonds. The molecule has 2 N–H and O–H groups in total. The van der Waals surface area contributed by atoms with E-state index < -0.39 is 22.8 Å². The Labute approximate surface area is 314 Å². The van der Waals surface area contributed by atoms with Crippen LogP contribution in [-0.2, 0) is 44.0 Å². The molecular formula is C46H66O6. The number of phenols is 2. The van der Waals surface area contributed by atoms with Crippen LogP contribution in [0.4, 0.5) is 0 Å². The highest BCUT2D eigenvalue weighted by Gasteiger charge is 2.32. The molecule has 3 rings (SSSR count). The van der Waals surface area contributed by atoms with Crippen LogP contribution in [-0.4, -0.2) is 35.4 Å². The summed E-state index contributed by atoms with van der Waals surface area (Å²) in [6, 6.07) is 14.9. The Morgan fingerprint density at radius 1 is 0.481 bits per heavy atom. The van der Waals surface area contributed by atoms with E-state index in [0.717, 1.165) is 33.4 Å². The van der Waals surface area contributed by atoms with Gasteiger partial charge in [0.25, 0.3) is 0 Å². The molecule has 0 aliphatic heterocycles. The molecule has 0 heterocycles. The third-order valence-corrected chi connectivity index (χ3v) is 9.49. The first-order chi connectivity index (χ1) is 23.4. The summed E-state index contributed by atoms with van der Waals surface area (Å²) in [7, 11) is 0. The first kappa shape index (κ1) is 42.6. The summed E-state index contributed by atoms with van der Waals surface area (Å²) in [5, 5.41) is 22.3. The van der Waals surface area contributed by atoms with Crippen LogP contribution in [0.2, 0.25) is 0 Å². The lowest BCUT2D eigenvalue weighted by Crippen LogP contribution is -2.27. The van der Waals surface area contributed by atoms with Gasteiger partial charge in [-0.25, -0.2) is 9.59 Å². The third kappa shape index (κ3) is 10.9. The van der Waals surface area contributed by atoms with E-state index in [1.54, 1.807) is 24.3 Å². The van der Waals surface area contributed by atoms with Crippen molar-refractivity contribution in [1.82, 2.24) is 0 Å². The molecular weight excluding hydrogens is 649 g/mol. The molecule has 286 valence electrons. The van der Waals surface area contributed by atoms with Gasteiger partial charge in [-0.15, -0.1) is 0 Å². The Hall–Kier alpha value is -3.80. The summed E-state index contributed by atoms with van der Waals surface area (Å²) in [4.78, 5) is 27.0. The molecule has 0 aliphatic carbocycles. The first-order valence-electron chi connectivity index (χ1n) is 18.6. The van der Waals surface area contributed by atoms with Gasteiger partial charge in [-0.1, -0.05) is 147 Å². The van der Waals surface area contributed by atoms with Gasteiger partial charge in [-0.05, 0) is 80.0 Å². The van der Waals surface area contributed by atoms with Gasteiger partial charge in [-0.2, -0.15) is 0 Å². The summed E-state index contributed by atoms with van der Waals surface area (Å²) >= 11 is 0. The lowest BCUT2D eigenvalue weighted by Gasteiger charge is -2.30. The number of carbonyl (C=O) groups excluding carboxylic acids is 2. The molecule has 0 aromatic heterocycles. The molecule has 0 aliphatic rings. The minimum Gasteiger partial charge on any atom is -0.507 e. The maximum absolute atomic E-state index is 13.5. The second-order valence-corrected chi connectivity index (χ2v) is 20.5. The Morgan fingerprint density at radius 2 is 0.731 bits per heavy atom. The van der Waals surface area contributed by atoms with Crippen molar-refractivity contribution in [3.8, 4) is 11.5 Å². The van der Waals surface area contributed by atoms with E-state index in [0.29, 0.717) is 24.3 Å². The largest absolute Gasteiger partial charge is 0.507 e. The normalized spacial score (nSPS) is 13.2. The second kappa shape index (κ2) is 14.9. The monoisotopic (exact) mass is 714 g/mol. The minimum atomic E-state index is -0.579. The number of esters is 2. The number of hydrogen-bond donors (Lipinski definition) is 2. The second-order valence-electron chi connectivity index (χ2n) is 20.5. The van der Waals surface area contributed by atoms with Crippen LogP contribution < -0.4 is 0 Å². The van der Waals surface area contributed by atoms with Gasteiger partial charge in [0, 0.05) is 10.8 Å². The molecule has 0 spiro atoms. The van der Waals surface area contributed by atoms with Gasteiger partial charge in [0.05, 0.1) is 24.3 Å². The van der Waals surface area contributed by atoms with E-state index in [1.165, 1.54) is 0 Å².